The van der Waals surface area contributed by atoms with Crippen molar-refractivity contribution < 1.29 is 9.53 Å². The fourth-order valence-corrected chi connectivity index (χ4v) is 2.70. The van der Waals surface area contributed by atoms with Gasteiger partial charge >= 0.3 is 6.09 Å². The zero-order valence-electron chi connectivity index (χ0n) is 13.3. The number of nitrogens with zero attached hydrogens (tertiary/aromatic N) is 1. The van der Waals surface area contributed by atoms with Crippen molar-refractivity contribution in [2.75, 3.05) is 17.3 Å². The Balaban J connectivity index is 2.00. The minimum Gasteiger partial charge on any atom is -0.438 e. The Morgan fingerprint density at radius 1 is 1.14 bits per heavy atom. The van der Waals surface area contributed by atoms with Gasteiger partial charge in [-0.05, 0) is 50.6 Å². The number of benzene rings is 2. The van der Waals surface area contributed by atoms with Crippen LogP contribution in [-0.2, 0) is 10.3 Å². The van der Waals surface area contributed by atoms with Gasteiger partial charge in [0.15, 0.2) is 0 Å². The van der Waals surface area contributed by atoms with Crippen molar-refractivity contribution in [2.45, 2.75) is 26.4 Å². The van der Waals surface area contributed by atoms with Gasteiger partial charge in [0.05, 0.1) is 5.69 Å². The number of nitrogens with one attached hydrogen (secondary N) is 1. The van der Waals surface area contributed by atoms with Crippen molar-refractivity contribution in [3.63, 3.8) is 0 Å². The Kier molecular flexibility index (Phi) is 3.32. The molecular formula is C18H20N2O2. The van der Waals surface area contributed by atoms with Gasteiger partial charge in [0.25, 0.3) is 0 Å². The molecule has 0 aliphatic carbocycles. The van der Waals surface area contributed by atoms with Crippen LogP contribution in [0.25, 0.3) is 0 Å². The summed E-state index contributed by atoms with van der Waals surface area (Å²) in [5, 5.41) is 3.43. The summed E-state index contributed by atoms with van der Waals surface area (Å²) in [5.41, 5.74) is 4.48. The number of hydrogen-bond donors (Lipinski definition) is 1. The number of amides is 1. The summed E-state index contributed by atoms with van der Waals surface area (Å²) in [6, 6.07) is 14.1. The fraction of sp³-hybridized carbons (Fsp3) is 0.278. The lowest BCUT2D eigenvalue weighted by molar-refractivity contribution is 0.0362. The molecule has 0 unspecified atom stereocenters. The first-order valence-corrected chi connectivity index (χ1v) is 7.32. The number of carbonyl (C=O) groups excluding carboxylic acids is 1. The number of rotatable bonds is 2. The van der Waals surface area contributed by atoms with Crippen LogP contribution >= 0.6 is 0 Å². The van der Waals surface area contributed by atoms with Crippen LogP contribution in [0.1, 0.15) is 25.0 Å². The molecule has 0 radical (unpaired) electrons. The molecule has 0 aromatic heterocycles. The molecule has 1 amide bonds. The monoisotopic (exact) mass is 296 g/mol. The summed E-state index contributed by atoms with van der Waals surface area (Å²) in [4.78, 5) is 13.4. The highest BCUT2D eigenvalue weighted by molar-refractivity contribution is 5.91. The van der Waals surface area contributed by atoms with Crippen LogP contribution in [0.4, 0.5) is 21.9 Å². The van der Waals surface area contributed by atoms with Crippen molar-refractivity contribution in [1.82, 2.24) is 0 Å². The molecule has 1 aliphatic rings. The van der Waals surface area contributed by atoms with E-state index in [2.05, 4.69) is 18.3 Å². The number of para-hydroxylation sites is 1. The average Bonchev–Trinajstić information content (AvgIpc) is 2.47. The van der Waals surface area contributed by atoms with Crippen molar-refractivity contribution in [1.29, 1.82) is 0 Å². The molecule has 1 heterocycles. The number of ether oxygens (including phenoxy) is 1. The highest BCUT2D eigenvalue weighted by Crippen LogP contribution is 2.40. The van der Waals surface area contributed by atoms with Crippen molar-refractivity contribution >= 4 is 23.2 Å². The van der Waals surface area contributed by atoms with Gasteiger partial charge in [-0.15, -0.1) is 0 Å². The van der Waals surface area contributed by atoms with Crippen molar-refractivity contribution in [3.05, 3.63) is 53.6 Å². The van der Waals surface area contributed by atoms with Gasteiger partial charge in [-0.3, -0.25) is 4.90 Å². The quantitative estimate of drug-likeness (QED) is 0.883. The highest BCUT2D eigenvalue weighted by atomic mass is 16.6. The summed E-state index contributed by atoms with van der Waals surface area (Å²) < 4.78 is 5.50. The van der Waals surface area contributed by atoms with Crippen LogP contribution in [0.2, 0.25) is 0 Å². The molecule has 114 valence electrons. The maximum Gasteiger partial charge on any atom is 0.414 e. The third-order valence-corrected chi connectivity index (χ3v) is 4.05. The lowest BCUT2D eigenvalue weighted by Crippen LogP contribution is -2.41. The molecule has 0 atom stereocenters. The van der Waals surface area contributed by atoms with Gasteiger partial charge in [-0.25, -0.2) is 4.79 Å². The van der Waals surface area contributed by atoms with E-state index >= 15 is 0 Å². The second-order valence-corrected chi connectivity index (χ2v) is 6.11. The number of carbonyl (C=O) groups is 1. The van der Waals surface area contributed by atoms with Gasteiger partial charge < -0.3 is 10.1 Å². The van der Waals surface area contributed by atoms with Gasteiger partial charge in [-0.1, -0.05) is 18.2 Å². The van der Waals surface area contributed by atoms with Crippen LogP contribution in [0.3, 0.4) is 0 Å². The molecule has 0 fully saturated rings. The Morgan fingerprint density at radius 3 is 2.59 bits per heavy atom. The smallest absolute Gasteiger partial charge is 0.414 e. The molecule has 0 spiro atoms. The van der Waals surface area contributed by atoms with Crippen LogP contribution in [0.5, 0.6) is 0 Å². The molecule has 0 bridgehead atoms. The SMILES string of the molecule is Cc1ccccc1Nc1ccc2c(c1)C(C)(C)OC(=O)N2C. The zero-order chi connectivity index (χ0) is 15.9. The Morgan fingerprint density at radius 2 is 1.86 bits per heavy atom. The predicted octanol–water partition coefficient (Wildman–Crippen LogP) is 4.56. The molecule has 3 rings (SSSR count). The van der Waals surface area contributed by atoms with E-state index in [-0.39, 0.29) is 6.09 Å². The molecule has 4 nitrogen and oxygen atoms in total. The molecule has 1 aliphatic heterocycles. The van der Waals surface area contributed by atoms with Crippen LogP contribution < -0.4 is 10.2 Å². The number of aryl methyl sites for hydroxylation is 1. The molecular weight excluding hydrogens is 276 g/mol. The van der Waals surface area contributed by atoms with E-state index in [1.54, 1.807) is 7.05 Å². The first-order chi connectivity index (χ1) is 10.4. The standard InChI is InChI=1S/C18H20N2O2/c1-12-7-5-6-8-15(12)19-13-9-10-16-14(11-13)18(2,3)22-17(21)20(16)4/h5-11,19H,1-4H3. The Bertz CT molecular complexity index is 738. The number of fused-ring (bicyclic) bond motifs is 1. The van der Waals surface area contributed by atoms with E-state index < -0.39 is 5.60 Å². The van der Waals surface area contributed by atoms with E-state index in [1.807, 2.05) is 50.2 Å². The predicted molar refractivity (Wildman–Crippen MR) is 88.8 cm³/mol. The van der Waals surface area contributed by atoms with E-state index in [1.165, 1.54) is 10.5 Å². The molecule has 0 saturated carbocycles. The zero-order valence-corrected chi connectivity index (χ0v) is 13.3. The topological polar surface area (TPSA) is 41.6 Å². The Hall–Kier alpha value is -2.49. The van der Waals surface area contributed by atoms with Crippen LogP contribution in [0, 0.1) is 6.92 Å². The summed E-state index contributed by atoms with van der Waals surface area (Å²) >= 11 is 0. The molecule has 4 heteroatoms. The van der Waals surface area contributed by atoms with E-state index in [4.69, 9.17) is 4.74 Å². The summed E-state index contributed by atoms with van der Waals surface area (Å²) in [6.07, 6.45) is -0.322. The third kappa shape index (κ3) is 2.41. The normalized spacial score (nSPS) is 16.0. The lowest BCUT2D eigenvalue weighted by Gasteiger charge is -2.37. The Labute approximate surface area is 130 Å². The average molecular weight is 296 g/mol. The highest BCUT2D eigenvalue weighted by Gasteiger charge is 2.36. The van der Waals surface area contributed by atoms with Gasteiger partial charge in [0, 0.05) is 24.0 Å². The van der Waals surface area contributed by atoms with Gasteiger partial charge in [0.2, 0.25) is 0 Å². The first-order valence-electron chi connectivity index (χ1n) is 7.32. The summed E-state index contributed by atoms with van der Waals surface area (Å²) in [7, 11) is 1.73. The molecule has 2 aromatic rings. The molecule has 1 N–H and O–H groups in total. The fourth-order valence-electron chi connectivity index (χ4n) is 2.70. The summed E-state index contributed by atoms with van der Waals surface area (Å²) in [5.74, 6) is 0. The minimum atomic E-state index is -0.637. The minimum absolute atomic E-state index is 0.322. The second-order valence-electron chi connectivity index (χ2n) is 6.11. The first kappa shape index (κ1) is 14.4. The van der Waals surface area contributed by atoms with E-state index in [9.17, 15) is 4.79 Å². The van der Waals surface area contributed by atoms with Crippen molar-refractivity contribution in [3.8, 4) is 0 Å². The van der Waals surface area contributed by atoms with E-state index in [0.717, 1.165) is 22.6 Å². The number of cyclic esters (lactones) is 1. The maximum absolute atomic E-state index is 11.9. The third-order valence-electron chi connectivity index (χ3n) is 4.05. The second kappa shape index (κ2) is 5.05. The number of hydrogen-bond acceptors (Lipinski definition) is 3. The van der Waals surface area contributed by atoms with Gasteiger partial charge in [-0.2, -0.15) is 0 Å². The molecule has 0 saturated heterocycles. The molecule has 22 heavy (non-hydrogen) atoms. The van der Waals surface area contributed by atoms with Gasteiger partial charge in [0.1, 0.15) is 5.60 Å². The lowest BCUT2D eigenvalue weighted by atomic mass is 9.93. The number of anilines is 3. The van der Waals surface area contributed by atoms with Crippen LogP contribution in [0.15, 0.2) is 42.5 Å². The summed E-state index contributed by atoms with van der Waals surface area (Å²) in [6.45, 7) is 5.89. The largest absolute Gasteiger partial charge is 0.438 e. The molecule has 2 aromatic carbocycles. The van der Waals surface area contributed by atoms with Crippen molar-refractivity contribution in [2.24, 2.45) is 0 Å². The maximum atomic E-state index is 11.9. The van der Waals surface area contributed by atoms with Crippen LogP contribution in [-0.4, -0.2) is 13.1 Å². The van der Waals surface area contributed by atoms with E-state index in [0.29, 0.717) is 0 Å².